The molecule has 0 saturated carbocycles. The number of hydrogen-bond donors (Lipinski definition) is 2. The van der Waals surface area contributed by atoms with Crippen LogP contribution in [0.3, 0.4) is 0 Å². The number of nitrogens with zero attached hydrogens (tertiary/aromatic N) is 2. The Morgan fingerprint density at radius 1 is 1.30 bits per heavy atom. The van der Waals surface area contributed by atoms with Gasteiger partial charge < -0.3 is 20.3 Å². The van der Waals surface area contributed by atoms with Gasteiger partial charge in [-0.3, -0.25) is 0 Å². The fourth-order valence-corrected chi connectivity index (χ4v) is 3.36. The Hall–Kier alpha value is -1.66. The van der Waals surface area contributed by atoms with Crippen molar-refractivity contribution in [3.05, 3.63) is 35.1 Å². The maximum Gasteiger partial charge on any atom is 0.191 e. The third-order valence-corrected chi connectivity index (χ3v) is 4.93. The van der Waals surface area contributed by atoms with Gasteiger partial charge in [-0.2, -0.15) is 0 Å². The molecule has 1 aliphatic heterocycles. The second-order valence-corrected chi connectivity index (χ2v) is 7.17. The number of methoxy groups -OCH3 is 1. The van der Waals surface area contributed by atoms with E-state index in [1.807, 2.05) is 6.07 Å². The molecule has 0 spiro atoms. The Balaban J connectivity index is 1.90. The fourth-order valence-electron chi connectivity index (χ4n) is 3.36. The van der Waals surface area contributed by atoms with Crippen molar-refractivity contribution in [2.24, 2.45) is 4.99 Å². The maximum absolute atomic E-state index is 13.7. The van der Waals surface area contributed by atoms with Crippen molar-refractivity contribution in [3.8, 4) is 0 Å². The molecule has 152 valence electrons. The summed E-state index contributed by atoms with van der Waals surface area (Å²) in [6.45, 7) is 9.43. The molecule has 2 N–H and O–H groups in total. The molecular formula is C21H35FN4O. The van der Waals surface area contributed by atoms with E-state index in [4.69, 9.17) is 9.73 Å². The predicted octanol–water partition coefficient (Wildman–Crippen LogP) is 3.29. The summed E-state index contributed by atoms with van der Waals surface area (Å²) in [6, 6.07) is 5.57. The van der Waals surface area contributed by atoms with Crippen LogP contribution in [0, 0.1) is 5.82 Å². The van der Waals surface area contributed by atoms with Gasteiger partial charge in [-0.15, -0.1) is 0 Å². The van der Waals surface area contributed by atoms with E-state index in [2.05, 4.69) is 29.4 Å². The highest BCUT2D eigenvalue weighted by Gasteiger charge is 2.19. The molecule has 0 atom stereocenters. The van der Waals surface area contributed by atoms with E-state index in [-0.39, 0.29) is 12.4 Å². The first-order chi connectivity index (χ1) is 13.2. The van der Waals surface area contributed by atoms with E-state index < -0.39 is 0 Å². The first kappa shape index (κ1) is 21.6. The number of halogens is 1. The predicted molar refractivity (Wildman–Crippen MR) is 109 cm³/mol. The molecule has 27 heavy (non-hydrogen) atoms. The second kappa shape index (κ2) is 11.9. The van der Waals surface area contributed by atoms with Crippen LogP contribution in [0.15, 0.2) is 23.2 Å². The number of rotatable bonds is 9. The molecule has 0 amide bonds. The zero-order valence-corrected chi connectivity index (χ0v) is 17.1. The molecule has 1 heterocycles. The monoisotopic (exact) mass is 378 g/mol. The average molecular weight is 379 g/mol. The van der Waals surface area contributed by atoms with E-state index in [0.717, 1.165) is 44.0 Å². The smallest absolute Gasteiger partial charge is 0.191 e. The summed E-state index contributed by atoms with van der Waals surface area (Å²) in [6.07, 6.45) is 4.82. The number of piperidine rings is 1. The lowest BCUT2D eigenvalue weighted by atomic mass is 10.0. The van der Waals surface area contributed by atoms with Crippen molar-refractivity contribution in [2.75, 3.05) is 33.3 Å². The number of likely N-dealkylation sites (tertiary alicyclic amines) is 1. The molecule has 0 bridgehead atoms. The topological polar surface area (TPSA) is 48.9 Å². The summed E-state index contributed by atoms with van der Waals surface area (Å²) in [7, 11) is 1.57. The van der Waals surface area contributed by atoms with Crippen molar-refractivity contribution in [2.45, 2.75) is 58.7 Å². The fraction of sp³-hybridized carbons (Fsp3) is 0.667. The van der Waals surface area contributed by atoms with E-state index in [9.17, 15) is 4.39 Å². The molecule has 5 nitrogen and oxygen atoms in total. The third kappa shape index (κ3) is 7.46. The Kier molecular flexibility index (Phi) is 9.56. The van der Waals surface area contributed by atoms with Crippen molar-refractivity contribution >= 4 is 5.96 Å². The van der Waals surface area contributed by atoms with Gasteiger partial charge >= 0.3 is 0 Å². The Morgan fingerprint density at radius 3 is 2.74 bits per heavy atom. The van der Waals surface area contributed by atoms with Gasteiger partial charge in [-0.1, -0.05) is 19.4 Å². The summed E-state index contributed by atoms with van der Waals surface area (Å²) in [5.41, 5.74) is 1.55. The first-order valence-electron chi connectivity index (χ1n) is 10.2. The lowest BCUT2D eigenvalue weighted by Crippen LogP contribution is -2.48. The van der Waals surface area contributed by atoms with Gasteiger partial charge in [0.25, 0.3) is 0 Å². The standard InChI is InChI=1S/C21H35FN4O/c1-4-6-11-26-12-9-19(10-13-26)25-21(23-5-2)24-15-17-7-8-20(22)18(14-17)16-27-3/h7-8,14,19H,4-6,9-13,15-16H2,1-3H3,(H2,23,24,25). The molecule has 1 saturated heterocycles. The zero-order valence-electron chi connectivity index (χ0n) is 17.1. The number of ether oxygens (including phenoxy) is 1. The maximum atomic E-state index is 13.7. The van der Waals surface area contributed by atoms with Gasteiger partial charge in [0, 0.05) is 38.3 Å². The molecular weight excluding hydrogens is 343 g/mol. The highest BCUT2D eigenvalue weighted by Crippen LogP contribution is 2.13. The zero-order chi connectivity index (χ0) is 19.5. The quantitative estimate of drug-likeness (QED) is 0.511. The molecule has 1 aliphatic rings. The highest BCUT2D eigenvalue weighted by atomic mass is 19.1. The average Bonchev–Trinajstić information content (AvgIpc) is 2.68. The van der Waals surface area contributed by atoms with Crippen molar-refractivity contribution < 1.29 is 9.13 Å². The molecule has 1 aromatic carbocycles. The van der Waals surface area contributed by atoms with Gasteiger partial charge in [0.05, 0.1) is 13.2 Å². The van der Waals surface area contributed by atoms with Gasteiger partial charge in [0.15, 0.2) is 5.96 Å². The van der Waals surface area contributed by atoms with E-state index in [0.29, 0.717) is 18.2 Å². The summed E-state index contributed by atoms with van der Waals surface area (Å²) in [4.78, 5) is 7.25. The number of hydrogen-bond acceptors (Lipinski definition) is 3. The van der Waals surface area contributed by atoms with Crippen LogP contribution in [-0.4, -0.2) is 50.2 Å². The first-order valence-corrected chi connectivity index (χ1v) is 10.2. The SMILES string of the molecule is CCCCN1CCC(NC(=NCc2ccc(F)c(COC)c2)NCC)CC1. The van der Waals surface area contributed by atoms with Crippen LogP contribution in [0.4, 0.5) is 4.39 Å². The van der Waals surface area contributed by atoms with E-state index in [1.165, 1.54) is 25.5 Å². The molecule has 6 heteroatoms. The van der Waals surface area contributed by atoms with Gasteiger partial charge in [-0.25, -0.2) is 9.38 Å². The highest BCUT2D eigenvalue weighted by molar-refractivity contribution is 5.80. The second-order valence-electron chi connectivity index (χ2n) is 7.17. The van der Waals surface area contributed by atoms with Crippen LogP contribution < -0.4 is 10.6 Å². The van der Waals surface area contributed by atoms with Gasteiger partial charge in [-0.05, 0) is 50.4 Å². The lowest BCUT2D eigenvalue weighted by Gasteiger charge is -2.33. The van der Waals surface area contributed by atoms with Gasteiger partial charge in [0.1, 0.15) is 5.82 Å². The molecule has 0 radical (unpaired) electrons. The van der Waals surface area contributed by atoms with Crippen LogP contribution in [-0.2, 0) is 17.9 Å². The van der Waals surface area contributed by atoms with Crippen molar-refractivity contribution in [3.63, 3.8) is 0 Å². The molecule has 0 aliphatic carbocycles. The summed E-state index contributed by atoms with van der Waals surface area (Å²) >= 11 is 0. The minimum atomic E-state index is -0.232. The number of unbranched alkanes of at least 4 members (excludes halogenated alkanes) is 1. The Morgan fingerprint density at radius 2 is 2.07 bits per heavy atom. The Bertz CT molecular complexity index is 586. The van der Waals surface area contributed by atoms with Crippen LogP contribution in [0.1, 0.15) is 50.7 Å². The minimum Gasteiger partial charge on any atom is -0.380 e. The van der Waals surface area contributed by atoms with E-state index in [1.54, 1.807) is 13.2 Å². The summed E-state index contributed by atoms with van der Waals surface area (Å²) in [5, 5.41) is 6.89. The van der Waals surface area contributed by atoms with Crippen LogP contribution in [0.5, 0.6) is 0 Å². The molecule has 0 aromatic heterocycles. The third-order valence-electron chi connectivity index (χ3n) is 4.93. The summed E-state index contributed by atoms with van der Waals surface area (Å²) in [5.74, 6) is 0.603. The van der Waals surface area contributed by atoms with Crippen LogP contribution >= 0.6 is 0 Å². The minimum absolute atomic E-state index is 0.232. The van der Waals surface area contributed by atoms with Gasteiger partial charge in [0.2, 0.25) is 0 Å². The summed E-state index contributed by atoms with van der Waals surface area (Å²) < 4.78 is 18.8. The largest absolute Gasteiger partial charge is 0.380 e. The van der Waals surface area contributed by atoms with Crippen LogP contribution in [0.25, 0.3) is 0 Å². The van der Waals surface area contributed by atoms with E-state index >= 15 is 0 Å². The molecule has 1 fully saturated rings. The molecule has 1 aromatic rings. The number of guanidine groups is 1. The Labute approximate surface area is 163 Å². The number of benzene rings is 1. The van der Waals surface area contributed by atoms with Crippen molar-refractivity contribution in [1.82, 2.24) is 15.5 Å². The normalized spacial score (nSPS) is 16.5. The van der Waals surface area contributed by atoms with Crippen molar-refractivity contribution in [1.29, 1.82) is 0 Å². The van der Waals surface area contributed by atoms with Crippen LogP contribution in [0.2, 0.25) is 0 Å². The number of nitrogens with one attached hydrogen (secondary N) is 2. The molecule has 0 unspecified atom stereocenters. The lowest BCUT2D eigenvalue weighted by molar-refractivity contribution is 0.181. The molecule has 2 rings (SSSR count). The number of aliphatic imine (C=N–C) groups is 1.